The number of aryl methyl sites for hydroxylation is 1. The lowest BCUT2D eigenvalue weighted by molar-refractivity contribution is -0.170. The first-order valence-corrected chi connectivity index (χ1v) is 17.2. The van der Waals surface area contributed by atoms with Crippen LogP contribution in [0.15, 0.2) is 30.5 Å². The number of nitrogen functional groups attached to an aromatic ring is 1. The summed E-state index contributed by atoms with van der Waals surface area (Å²) in [6.45, 7) is 14.7. The molecule has 262 valence electrons. The van der Waals surface area contributed by atoms with Gasteiger partial charge < -0.3 is 25.3 Å². The molecule has 1 aromatic heterocycles. The van der Waals surface area contributed by atoms with E-state index in [9.17, 15) is 14.4 Å². The van der Waals surface area contributed by atoms with Gasteiger partial charge in [-0.3, -0.25) is 19.2 Å². The van der Waals surface area contributed by atoms with Gasteiger partial charge in [-0.2, -0.15) is 0 Å². The molecule has 3 heterocycles. The normalized spacial score (nSPS) is 33.8. The summed E-state index contributed by atoms with van der Waals surface area (Å²) in [7, 11) is 8.25. The number of ketones is 1. The van der Waals surface area contributed by atoms with E-state index >= 15 is 0 Å². The van der Waals surface area contributed by atoms with Crippen LogP contribution < -0.4 is 11.1 Å². The molecule has 2 radical (unpaired) electrons. The molecule has 48 heavy (non-hydrogen) atoms. The van der Waals surface area contributed by atoms with Crippen molar-refractivity contribution in [3.05, 3.63) is 30.5 Å². The monoisotopic (exact) mass is 664 g/mol. The molecule has 0 unspecified atom stereocenters. The molecule has 0 aliphatic carbocycles. The Balaban J connectivity index is 1.54. The highest BCUT2D eigenvalue weighted by atomic mass is 16.6. The Hall–Kier alpha value is -3.45. The standard InChI is InChI=1S/C35H53BN6O6/c1-9-28-35(7)31(24(5)38-19-21(2)18-34(6,46-8)30(36)22(3)29(43)23(4)32(44)47-28)42(33(45)48-35)16-11-10-15-41-20-27(39-40-41)25-13-12-14-26(37)17-25/h12-14,17,20-24,28,30-31,38H,9-11,15-16,18-19,37H2,1-8H3/t21-,22+,23-,24-,28-,30-,31-,34-,35-/m1/s1. The van der Waals surface area contributed by atoms with Gasteiger partial charge in [-0.05, 0) is 83.8 Å². The van der Waals surface area contributed by atoms with E-state index in [-0.39, 0.29) is 17.7 Å². The summed E-state index contributed by atoms with van der Waals surface area (Å²) in [6, 6.07) is 6.83. The second-order valence-corrected chi connectivity index (χ2v) is 14.2. The van der Waals surface area contributed by atoms with Crippen LogP contribution >= 0.6 is 0 Å². The molecule has 0 saturated carbocycles. The molecule has 2 aromatic rings. The minimum atomic E-state index is -1.17. The van der Waals surface area contributed by atoms with Crippen LogP contribution in [0.3, 0.4) is 0 Å². The zero-order valence-electron chi connectivity index (χ0n) is 29.8. The Labute approximate surface area is 286 Å². The van der Waals surface area contributed by atoms with Gasteiger partial charge in [-0.25, -0.2) is 4.79 Å². The average Bonchev–Trinajstić information content (AvgIpc) is 3.64. The number of Topliss-reactive ketones (excluding diaryl/α,β-unsaturated/α-hetero) is 1. The number of nitrogens with zero attached hydrogens (tertiary/aromatic N) is 4. The highest BCUT2D eigenvalue weighted by Gasteiger charge is 2.58. The number of fused-ring (bicyclic) bond motifs is 1. The number of ether oxygens (including phenoxy) is 3. The molecule has 2 fully saturated rings. The maximum absolute atomic E-state index is 13.6. The van der Waals surface area contributed by atoms with Gasteiger partial charge in [-0.1, -0.05) is 38.1 Å². The van der Waals surface area contributed by atoms with Crippen LogP contribution in [-0.2, 0) is 30.3 Å². The molecule has 0 spiro atoms. The molecule has 4 rings (SSSR count). The Morgan fingerprint density at radius 3 is 2.50 bits per heavy atom. The summed E-state index contributed by atoms with van der Waals surface area (Å²) in [4.78, 5) is 42.3. The molecular weight excluding hydrogens is 611 g/mol. The zero-order chi connectivity index (χ0) is 35.4. The maximum atomic E-state index is 13.6. The number of nitrogens with one attached hydrogen (secondary N) is 1. The van der Waals surface area contributed by atoms with Crippen LogP contribution in [0.2, 0.25) is 5.82 Å². The molecule has 2 aliphatic heterocycles. The molecule has 13 heteroatoms. The summed E-state index contributed by atoms with van der Waals surface area (Å²) in [5.41, 5.74) is 6.26. The van der Waals surface area contributed by atoms with E-state index in [4.69, 9.17) is 27.8 Å². The number of methoxy groups -OCH3 is 1. The molecule has 3 N–H and O–H groups in total. The third kappa shape index (κ3) is 7.88. The Morgan fingerprint density at radius 2 is 1.83 bits per heavy atom. The van der Waals surface area contributed by atoms with Crippen molar-refractivity contribution in [2.75, 3.05) is 25.9 Å². The van der Waals surface area contributed by atoms with Crippen molar-refractivity contribution in [3.63, 3.8) is 0 Å². The van der Waals surface area contributed by atoms with Crippen molar-refractivity contribution in [2.45, 2.75) is 116 Å². The Kier molecular flexibility index (Phi) is 12.0. The van der Waals surface area contributed by atoms with Gasteiger partial charge in [0.05, 0.1) is 25.7 Å². The van der Waals surface area contributed by atoms with Crippen molar-refractivity contribution in [1.82, 2.24) is 25.2 Å². The first kappa shape index (κ1) is 37.4. The first-order chi connectivity index (χ1) is 22.6. The summed E-state index contributed by atoms with van der Waals surface area (Å²) in [6.07, 6.45) is 3.05. The number of rotatable bonds is 8. The fourth-order valence-electron chi connectivity index (χ4n) is 7.46. The summed E-state index contributed by atoms with van der Waals surface area (Å²) >= 11 is 0. The van der Waals surface area contributed by atoms with E-state index in [0.717, 1.165) is 17.7 Å². The molecular formula is C35H53BN6O6. The third-order valence-corrected chi connectivity index (χ3v) is 10.4. The number of hydrogen-bond donors (Lipinski definition) is 2. The number of carbonyl (C=O) groups excluding carboxylic acids is 3. The summed E-state index contributed by atoms with van der Waals surface area (Å²) in [5, 5.41) is 12.2. The van der Waals surface area contributed by atoms with Gasteiger partial charge in [0, 0.05) is 43.4 Å². The van der Waals surface area contributed by atoms with Crippen LogP contribution in [-0.4, -0.2) is 95.2 Å². The first-order valence-electron chi connectivity index (χ1n) is 17.2. The van der Waals surface area contributed by atoms with Crippen LogP contribution in [0.25, 0.3) is 11.3 Å². The number of esters is 1. The Bertz CT molecular complexity index is 1440. The van der Waals surface area contributed by atoms with E-state index in [2.05, 4.69) is 22.6 Å². The molecule has 0 bridgehead atoms. The lowest BCUT2D eigenvalue weighted by Crippen LogP contribution is -2.61. The number of amides is 1. The quantitative estimate of drug-likeness (QED) is 0.136. The minimum absolute atomic E-state index is 0.116. The molecule has 9 atom stereocenters. The van der Waals surface area contributed by atoms with E-state index < -0.39 is 53.1 Å². The molecule has 1 aromatic carbocycles. The topological polar surface area (TPSA) is 151 Å². The number of nitrogens with two attached hydrogens (primary N) is 1. The van der Waals surface area contributed by atoms with Gasteiger partial charge in [0.15, 0.2) is 5.60 Å². The van der Waals surface area contributed by atoms with Gasteiger partial charge in [0.2, 0.25) is 0 Å². The van der Waals surface area contributed by atoms with Crippen LogP contribution in [0.4, 0.5) is 10.5 Å². The largest absolute Gasteiger partial charge is 0.458 e. The number of carbonyl (C=O) groups is 3. The van der Waals surface area contributed by atoms with E-state index in [1.165, 1.54) is 0 Å². The number of aromatic nitrogens is 3. The second kappa shape index (κ2) is 15.4. The Morgan fingerprint density at radius 1 is 1.12 bits per heavy atom. The molecule has 2 aliphatic rings. The summed E-state index contributed by atoms with van der Waals surface area (Å²) in [5.74, 6) is -3.18. The molecule has 12 nitrogen and oxygen atoms in total. The van der Waals surface area contributed by atoms with Crippen molar-refractivity contribution in [2.24, 2.45) is 17.8 Å². The van der Waals surface area contributed by atoms with E-state index in [1.54, 1.807) is 30.5 Å². The van der Waals surface area contributed by atoms with Crippen LogP contribution in [0.5, 0.6) is 0 Å². The van der Waals surface area contributed by atoms with Gasteiger partial charge >= 0.3 is 12.1 Å². The van der Waals surface area contributed by atoms with Crippen molar-refractivity contribution in [1.29, 1.82) is 0 Å². The van der Waals surface area contributed by atoms with Gasteiger partial charge in [0.1, 0.15) is 23.5 Å². The van der Waals surface area contributed by atoms with Crippen LogP contribution in [0, 0.1) is 17.8 Å². The maximum Gasteiger partial charge on any atom is 0.410 e. The SMILES string of the molecule is [B][C@@H]1[C@@H](C)C(=O)[C@@H](C)C(=O)O[C@H](CC)[C@@]2(C)OC(=O)N(CCCCn3cc(-c4cccc(N)c4)nn3)[C@@H]2[C@@H](C)NC[C@H](C)C[C@@]1(C)OC. The summed E-state index contributed by atoms with van der Waals surface area (Å²) < 4.78 is 19.9. The number of hydrogen-bond acceptors (Lipinski definition) is 10. The zero-order valence-corrected chi connectivity index (χ0v) is 29.8. The van der Waals surface area contributed by atoms with Crippen molar-refractivity contribution >= 4 is 31.4 Å². The number of cyclic esters (lactones) is 1. The number of anilines is 1. The fourth-order valence-corrected chi connectivity index (χ4v) is 7.46. The van der Waals surface area contributed by atoms with E-state index in [1.807, 2.05) is 58.2 Å². The fraction of sp³-hybridized carbons (Fsp3) is 0.686. The highest BCUT2D eigenvalue weighted by Crippen LogP contribution is 2.40. The number of benzene rings is 1. The van der Waals surface area contributed by atoms with Crippen molar-refractivity contribution < 1.29 is 28.6 Å². The van der Waals surface area contributed by atoms with Gasteiger partial charge in [-0.15, -0.1) is 5.10 Å². The molecule has 2 saturated heterocycles. The number of unbranched alkanes of at least 4 members (excludes halogenated alkanes) is 1. The minimum Gasteiger partial charge on any atom is -0.458 e. The van der Waals surface area contributed by atoms with Gasteiger partial charge in [0.25, 0.3) is 0 Å². The third-order valence-electron chi connectivity index (χ3n) is 10.4. The van der Waals surface area contributed by atoms with Crippen molar-refractivity contribution in [3.8, 4) is 11.3 Å². The average molecular weight is 665 g/mol. The van der Waals surface area contributed by atoms with E-state index in [0.29, 0.717) is 44.6 Å². The second-order valence-electron chi connectivity index (χ2n) is 14.2. The lowest BCUT2D eigenvalue weighted by Gasteiger charge is -2.41. The smallest absolute Gasteiger partial charge is 0.410 e. The predicted octanol–water partition coefficient (Wildman–Crippen LogP) is 4.43. The highest BCUT2D eigenvalue weighted by molar-refractivity contribution is 6.15. The predicted molar refractivity (Wildman–Crippen MR) is 184 cm³/mol. The lowest BCUT2D eigenvalue weighted by atomic mass is 9.62. The van der Waals surface area contributed by atoms with Crippen LogP contribution in [0.1, 0.15) is 74.1 Å². The molecule has 1 amide bonds.